The van der Waals surface area contributed by atoms with Crippen LogP contribution in [0, 0.1) is 0 Å². The zero-order valence-corrected chi connectivity index (χ0v) is 12.1. The average molecular weight is 217 g/mol. The molecule has 0 radical (unpaired) electrons. The van der Waals surface area contributed by atoms with E-state index in [4.69, 9.17) is 4.74 Å². The standard InChI is InChI=1S/C10H23NO2Si/c1-5-6-7-11(8-14)9(12)13-10(2,3)4/h5-8H2,1-4,14H3. The number of carbonyl (C=O) groups is 1. The highest BCUT2D eigenvalue weighted by Crippen LogP contribution is 2.09. The van der Waals surface area contributed by atoms with Gasteiger partial charge in [-0.15, -0.1) is 0 Å². The lowest BCUT2D eigenvalue weighted by atomic mass is 10.2. The summed E-state index contributed by atoms with van der Waals surface area (Å²) < 4.78 is 5.30. The van der Waals surface area contributed by atoms with Crippen molar-refractivity contribution >= 4 is 16.3 Å². The quantitative estimate of drug-likeness (QED) is 0.665. The molecule has 0 rings (SSSR count). The van der Waals surface area contributed by atoms with E-state index in [-0.39, 0.29) is 11.7 Å². The molecular weight excluding hydrogens is 194 g/mol. The maximum Gasteiger partial charge on any atom is 0.409 e. The summed E-state index contributed by atoms with van der Waals surface area (Å²) in [5, 5.41) is 0. The fourth-order valence-electron chi connectivity index (χ4n) is 1.05. The Bertz CT molecular complexity index is 177. The number of carbonyl (C=O) groups excluding carboxylic acids is 1. The monoisotopic (exact) mass is 217 g/mol. The first-order valence-electron chi connectivity index (χ1n) is 5.38. The topological polar surface area (TPSA) is 29.5 Å². The van der Waals surface area contributed by atoms with Crippen LogP contribution in [0.5, 0.6) is 0 Å². The van der Waals surface area contributed by atoms with Gasteiger partial charge in [0.1, 0.15) is 5.60 Å². The van der Waals surface area contributed by atoms with E-state index in [1.807, 2.05) is 20.8 Å². The molecule has 14 heavy (non-hydrogen) atoms. The molecule has 0 spiro atoms. The number of hydrogen-bond donors (Lipinski definition) is 0. The van der Waals surface area contributed by atoms with Crippen molar-refractivity contribution in [1.29, 1.82) is 0 Å². The maximum absolute atomic E-state index is 11.6. The Kier molecular flexibility index (Phi) is 5.84. The highest BCUT2D eigenvalue weighted by molar-refractivity contribution is 6.09. The van der Waals surface area contributed by atoms with Gasteiger partial charge in [0.2, 0.25) is 0 Å². The zero-order chi connectivity index (χ0) is 11.2. The van der Waals surface area contributed by atoms with Crippen LogP contribution in [0.1, 0.15) is 40.5 Å². The van der Waals surface area contributed by atoms with Crippen LogP contribution in [0.4, 0.5) is 4.79 Å². The lowest BCUT2D eigenvalue weighted by Crippen LogP contribution is -2.38. The third-order valence-electron chi connectivity index (χ3n) is 1.82. The van der Waals surface area contributed by atoms with Crippen LogP contribution in [0.15, 0.2) is 0 Å². The van der Waals surface area contributed by atoms with Crippen LogP contribution in [-0.2, 0) is 4.74 Å². The smallest absolute Gasteiger partial charge is 0.409 e. The number of ether oxygens (including phenoxy) is 1. The lowest BCUT2D eigenvalue weighted by molar-refractivity contribution is 0.0282. The molecule has 0 aliphatic rings. The van der Waals surface area contributed by atoms with Gasteiger partial charge < -0.3 is 9.64 Å². The van der Waals surface area contributed by atoms with E-state index < -0.39 is 0 Å². The van der Waals surface area contributed by atoms with Crippen molar-refractivity contribution in [2.24, 2.45) is 0 Å². The summed E-state index contributed by atoms with van der Waals surface area (Å²) in [6.07, 6.45) is 2.86. The van der Waals surface area contributed by atoms with E-state index in [9.17, 15) is 4.79 Å². The molecule has 0 aliphatic carbocycles. The molecule has 0 aromatic rings. The van der Waals surface area contributed by atoms with Crippen LogP contribution >= 0.6 is 0 Å². The normalized spacial score (nSPS) is 11.4. The largest absolute Gasteiger partial charge is 0.444 e. The second-order valence-corrected chi connectivity index (χ2v) is 5.05. The van der Waals surface area contributed by atoms with Gasteiger partial charge in [0, 0.05) is 23.0 Å². The van der Waals surface area contributed by atoms with E-state index in [1.54, 1.807) is 4.90 Å². The fourth-order valence-corrected chi connectivity index (χ4v) is 1.63. The Morgan fingerprint density at radius 3 is 2.36 bits per heavy atom. The fraction of sp³-hybridized carbons (Fsp3) is 0.900. The van der Waals surface area contributed by atoms with Crippen LogP contribution in [0.3, 0.4) is 0 Å². The molecule has 4 heteroatoms. The van der Waals surface area contributed by atoms with Gasteiger partial charge in [-0.25, -0.2) is 4.79 Å². The first-order valence-corrected chi connectivity index (χ1v) is 6.80. The van der Waals surface area contributed by atoms with E-state index in [0.717, 1.165) is 35.8 Å². The third kappa shape index (κ3) is 6.02. The minimum Gasteiger partial charge on any atom is -0.444 e. The number of rotatable bonds is 4. The molecule has 1 amide bonds. The zero-order valence-electron chi connectivity index (χ0n) is 10.1. The molecule has 0 saturated carbocycles. The van der Waals surface area contributed by atoms with Gasteiger partial charge >= 0.3 is 6.09 Å². The van der Waals surface area contributed by atoms with Crippen LogP contribution in [0.2, 0.25) is 0 Å². The molecule has 0 fully saturated rings. The minimum atomic E-state index is -0.377. The second kappa shape index (κ2) is 6.06. The summed E-state index contributed by atoms with van der Waals surface area (Å²) in [6, 6.07) is 0. The van der Waals surface area contributed by atoms with Crippen molar-refractivity contribution in [3.63, 3.8) is 0 Å². The highest BCUT2D eigenvalue weighted by Gasteiger charge is 2.20. The molecule has 3 nitrogen and oxygen atoms in total. The Labute approximate surface area is 90.2 Å². The van der Waals surface area contributed by atoms with E-state index >= 15 is 0 Å². The van der Waals surface area contributed by atoms with Crippen molar-refractivity contribution < 1.29 is 9.53 Å². The summed E-state index contributed by atoms with van der Waals surface area (Å²) in [4.78, 5) is 13.4. The van der Waals surface area contributed by atoms with Crippen LogP contribution in [0.25, 0.3) is 0 Å². The SMILES string of the molecule is CCCCN(C[SiH3])C(=O)OC(C)(C)C. The second-order valence-electron chi connectivity index (χ2n) is 4.41. The Balaban J connectivity index is 4.04. The van der Waals surface area contributed by atoms with Gasteiger partial charge in [0.05, 0.1) is 0 Å². The number of amides is 1. The van der Waals surface area contributed by atoms with Gasteiger partial charge in [-0.1, -0.05) is 13.3 Å². The van der Waals surface area contributed by atoms with E-state index in [1.165, 1.54) is 0 Å². The first kappa shape index (κ1) is 13.5. The lowest BCUT2D eigenvalue weighted by Gasteiger charge is -2.26. The first-order chi connectivity index (χ1) is 6.40. The molecule has 0 aliphatic heterocycles. The van der Waals surface area contributed by atoms with Gasteiger partial charge in [-0.05, 0) is 27.2 Å². The van der Waals surface area contributed by atoms with Crippen molar-refractivity contribution in [2.45, 2.75) is 46.1 Å². The number of nitrogens with zero attached hydrogens (tertiary/aromatic N) is 1. The van der Waals surface area contributed by atoms with Gasteiger partial charge in [0.15, 0.2) is 0 Å². The van der Waals surface area contributed by atoms with Crippen molar-refractivity contribution in [2.75, 3.05) is 12.7 Å². The minimum absolute atomic E-state index is 0.166. The average Bonchev–Trinajstić information content (AvgIpc) is 2.02. The Morgan fingerprint density at radius 2 is 2.00 bits per heavy atom. The highest BCUT2D eigenvalue weighted by atomic mass is 28.1. The summed E-state index contributed by atoms with van der Waals surface area (Å²) >= 11 is 0. The van der Waals surface area contributed by atoms with Crippen molar-refractivity contribution in [3.05, 3.63) is 0 Å². The van der Waals surface area contributed by atoms with Gasteiger partial charge in [0.25, 0.3) is 0 Å². The maximum atomic E-state index is 11.6. The Morgan fingerprint density at radius 1 is 1.43 bits per heavy atom. The van der Waals surface area contributed by atoms with Crippen molar-refractivity contribution in [3.8, 4) is 0 Å². The third-order valence-corrected chi connectivity index (χ3v) is 2.58. The predicted molar refractivity (Wildman–Crippen MR) is 62.7 cm³/mol. The molecule has 0 aromatic heterocycles. The van der Waals surface area contributed by atoms with E-state index in [0.29, 0.717) is 0 Å². The van der Waals surface area contributed by atoms with Gasteiger partial charge in [-0.3, -0.25) is 0 Å². The molecular formula is C10H23NO2Si. The molecule has 0 unspecified atom stereocenters. The summed E-state index contributed by atoms with van der Waals surface area (Å²) in [7, 11) is 1.00. The molecule has 0 aromatic carbocycles. The summed E-state index contributed by atoms with van der Waals surface area (Å²) in [5.41, 5.74) is -0.377. The van der Waals surface area contributed by atoms with Crippen LogP contribution in [-0.4, -0.2) is 39.5 Å². The number of hydrogen-bond acceptors (Lipinski definition) is 2. The molecule has 0 saturated heterocycles. The van der Waals surface area contributed by atoms with E-state index in [2.05, 4.69) is 6.92 Å². The van der Waals surface area contributed by atoms with Gasteiger partial charge in [-0.2, -0.15) is 0 Å². The molecule has 0 atom stereocenters. The summed E-state index contributed by atoms with van der Waals surface area (Å²) in [6.45, 7) is 8.65. The number of unbranched alkanes of at least 4 members (excludes halogenated alkanes) is 1. The molecule has 0 N–H and O–H groups in total. The van der Waals surface area contributed by atoms with Crippen molar-refractivity contribution in [1.82, 2.24) is 4.90 Å². The summed E-state index contributed by atoms with van der Waals surface area (Å²) in [5.74, 6) is 0. The Hall–Kier alpha value is -0.513. The molecule has 0 bridgehead atoms. The van der Waals surface area contributed by atoms with Crippen LogP contribution < -0.4 is 0 Å². The molecule has 84 valence electrons. The molecule has 0 heterocycles. The predicted octanol–water partition coefficient (Wildman–Crippen LogP) is 1.35.